The number of pyridine rings is 2. The number of anilines is 3. The number of aromatic nitrogens is 4. The molecule has 2 aliphatic heterocycles. The highest BCUT2D eigenvalue weighted by Gasteiger charge is 2.24. The number of alkyl halides is 1. The zero-order valence-corrected chi connectivity index (χ0v) is 21.2. The van der Waals surface area contributed by atoms with Crippen molar-refractivity contribution in [1.82, 2.24) is 29.7 Å². The molecule has 0 aliphatic carbocycles. The van der Waals surface area contributed by atoms with Crippen LogP contribution in [0.1, 0.15) is 37.1 Å². The van der Waals surface area contributed by atoms with Crippen LogP contribution in [-0.2, 0) is 6.54 Å². The topological polar surface area (TPSA) is 114 Å². The Hall–Kier alpha value is -2.99. The second kappa shape index (κ2) is 11.6. The lowest BCUT2D eigenvalue weighted by atomic mass is 10.1. The normalized spacial score (nSPS) is 20.3. The van der Waals surface area contributed by atoms with E-state index in [1.807, 2.05) is 23.2 Å². The summed E-state index contributed by atoms with van der Waals surface area (Å²) in [4.78, 5) is 24.9. The Morgan fingerprint density at radius 2 is 1.89 bits per heavy atom. The van der Waals surface area contributed by atoms with Gasteiger partial charge in [-0.2, -0.15) is 0 Å². The molecule has 0 aromatic carbocycles. The predicted molar refractivity (Wildman–Crippen MR) is 141 cm³/mol. The Morgan fingerprint density at radius 3 is 2.59 bits per heavy atom. The molecule has 0 spiro atoms. The maximum Gasteiger partial charge on any atom is 0.229 e. The Labute approximate surface area is 216 Å². The van der Waals surface area contributed by atoms with E-state index in [2.05, 4.69) is 30.1 Å². The van der Waals surface area contributed by atoms with E-state index in [4.69, 9.17) is 10.1 Å². The van der Waals surface area contributed by atoms with Gasteiger partial charge in [-0.05, 0) is 37.5 Å². The van der Waals surface area contributed by atoms with Gasteiger partial charge in [0.15, 0.2) is 5.82 Å². The van der Waals surface area contributed by atoms with Gasteiger partial charge in [0.25, 0.3) is 0 Å². The van der Waals surface area contributed by atoms with Crippen molar-refractivity contribution in [2.45, 2.75) is 38.6 Å². The number of aliphatic hydroxyl groups is 2. The number of piperidine rings is 1. The van der Waals surface area contributed by atoms with Crippen molar-refractivity contribution in [2.75, 3.05) is 62.6 Å². The summed E-state index contributed by atoms with van der Waals surface area (Å²) in [7, 11) is 0. The smallest absolute Gasteiger partial charge is 0.229 e. The first kappa shape index (κ1) is 25.7. The Morgan fingerprint density at radius 1 is 1.08 bits per heavy atom. The van der Waals surface area contributed by atoms with Gasteiger partial charge in [0.1, 0.15) is 17.5 Å². The van der Waals surface area contributed by atoms with Crippen molar-refractivity contribution in [3.8, 4) is 0 Å². The Balaban J connectivity index is 1.30. The third-order valence-electron chi connectivity index (χ3n) is 7.01. The zero-order valence-electron chi connectivity index (χ0n) is 21.2. The van der Waals surface area contributed by atoms with Crippen LogP contribution < -0.4 is 10.2 Å². The number of nitrogens with zero attached hydrogens (tertiary/aromatic N) is 7. The maximum atomic E-state index is 14.2. The van der Waals surface area contributed by atoms with E-state index in [-0.39, 0.29) is 13.2 Å². The number of rotatable bonds is 8. The quantitative estimate of drug-likeness (QED) is 0.417. The van der Waals surface area contributed by atoms with Gasteiger partial charge in [-0.25, -0.2) is 24.3 Å². The molecule has 0 amide bonds. The first-order chi connectivity index (χ1) is 18.0. The van der Waals surface area contributed by atoms with Crippen molar-refractivity contribution in [2.24, 2.45) is 0 Å². The highest BCUT2D eigenvalue weighted by molar-refractivity contribution is 5.89. The van der Waals surface area contributed by atoms with Crippen LogP contribution in [0.5, 0.6) is 0 Å². The average molecular weight is 511 g/mol. The third kappa shape index (κ3) is 6.30. The number of hydrogen-bond donors (Lipinski definition) is 3. The number of β-amino-alcohol motifs (C(OH)–C–C–N with tert-alkyl or cyclic N) is 1. The fourth-order valence-electron chi connectivity index (χ4n) is 4.93. The first-order valence-corrected chi connectivity index (χ1v) is 13.0. The molecular weight excluding hydrogens is 475 g/mol. The summed E-state index contributed by atoms with van der Waals surface area (Å²) in [6.07, 6.45) is 3.19. The zero-order chi connectivity index (χ0) is 25.8. The number of nitrogens with one attached hydrogen (secondary N) is 1. The molecular formula is C26H35FN8O2. The lowest BCUT2D eigenvalue weighted by molar-refractivity contribution is 0.108. The summed E-state index contributed by atoms with van der Waals surface area (Å²) in [6, 6.07) is 5.74. The van der Waals surface area contributed by atoms with Gasteiger partial charge in [0.2, 0.25) is 5.95 Å². The second-order valence-electron chi connectivity index (χ2n) is 9.88. The summed E-state index contributed by atoms with van der Waals surface area (Å²) >= 11 is 0. The van der Waals surface area contributed by atoms with E-state index in [0.29, 0.717) is 41.8 Å². The molecule has 3 aromatic rings. The Kier molecular flexibility index (Phi) is 8.04. The fourth-order valence-corrected chi connectivity index (χ4v) is 4.93. The van der Waals surface area contributed by atoms with Crippen LogP contribution in [0, 0.1) is 0 Å². The molecule has 0 radical (unpaired) electrons. The van der Waals surface area contributed by atoms with E-state index < -0.39 is 12.3 Å². The number of hydrogen-bond acceptors (Lipinski definition) is 10. The van der Waals surface area contributed by atoms with Gasteiger partial charge < -0.3 is 20.4 Å². The molecule has 11 heteroatoms. The van der Waals surface area contributed by atoms with Gasteiger partial charge >= 0.3 is 0 Å². The molecule has 3 N–H and O–H groups in total. The van der Waals surface area contributed by atoms with E-state index in [9.17, 15) is 9.50 Å². The van der Waals surface area contributed by atoms with E-state index in [1.165, 1.54) is 0 Å². The molecule has 0 saturated carbocycles. The number of aliphatic hydroxyl groups excluding tert-OH is 2. The average Bonchev–Trinajstić information content (AvgIpc) is 2.90. The van der Waals surface area contributed by atoms with Gasteiger partial charge in [-0.1, -0.05) is 6.07 Å². The summed E-state index contributed by atoms with van der Waals surface area (Å²) < 4.78 is 14.2. The lowest BCUT2D eigenvalue weighted by Crippen LogP contribution is -2.46. The maximum absolute atomic E-state index is 14.2. The lowest BCUT2D eigenvalue weighted by Gasteiger charge is -2.34. The molecule has 3 aromatic heterocycles. The van der Waals surface area contributed by atoms with E-state index >= 15 is 0 Å². The number of piperazine rings is 1. The molecule has 10 nitrogen and oxygen atoms in total. The molecule has 37 heavy (non-hydrogen) atoms. The molecule has 2 fully saturated rings. The molecule has 2 saturated heterocycles. The molecule has 198 valence electrons. The SMILES string of the molecule is C[C@@H](O)c1cc2cnc(Nc3ccc(CN4CCN(CCO)CC4)cn3)nc2c(N2CCC[C@H](F)C2)n1. The first-order valence-electron chi connectivity index (χ1n) is 13.0. The van der Waals surface area contributed by atoms with Crippen molar-refractivity contribution < 1.29 is 14.6 Å². The molecule has 5 rings (SSSR count). The van der Waals surface area contributed by atoms with Crippen LogP contribution in [0.15, 0.2) is 30.6 Å². The minimum absolute atomic E-state index is 0.205. The van der Waals surface area contributed by atoms with Gasteiger partial charge in [0.05, 0.1) is 24.9 Å². The third-order valence-corrected chi connectivity index (χ3v) is 7.01. The van der Waals surface area contributed by atoms with Gasteiger partial charge in [0, 0.05) is 63.6 Å². The van der Waals surface area contributed by atoms with Crippen molar-refractivity contribution >= 4 is 28.5 Å². The molecule has 5 heterocycles. The minimum Gasteiger partial charge on any atom is -0.395 e. The van der Waals surface area contributed by atoms with Crippen LogP contribution in [0.4, 0.5) is 22.0 Å². The van der Waals surface area contributed by atoms with Gasteiger partial charge in [-0.15, -0.1) is 0 Å². The molecule has 0 bridgehead atoms. The van der Waals surface area contributed by atoms with Crippen LogP contribution >= 0.6 is 0 Å². The van der Waals surface area contributed by atoms with Crippen molar-refractivity contribution in [1.29, 1.82) is 0 Å². The summed E-state index contributed by atoms with van der Waals surface area (Å²) in [6.45, 7) is 8.26. The second-order valence-corrected chi connectivity index (χ2v) is 9.88. The number of fused-ring (bicyclic) bond motifs is 1. The molecule has 2 atom stereocenters. The fraction of sp³-hybridized carbons (Fsp3) is 0.538. The summed E-state index contributed by atoms with van der Waals surface area (Å²) in [5.41, 5.74) is 2.26. The van der Waals surface area contributed by atoms with Crippen LogP contribution in [0.2, 0.25) is 0 Å². The van der Waals surface area contributed by atoms with Crippen LogP contribution in [0.3, 0.4) is 0 Å². The molecule has 2 aliphatic rings. The van der Waals surface area contributed by atoms with E-state index in [0.717, 1.165) is 56.6 Å². The Bertz CT molecular complexity index is 1190. The van der Waals surface area contributed by atoms with E-state index in [1.54, 1.807) is 19.2 Å². The van der Waals surface area contributed by atoms with Crippen LogP contribution in [-0.4, -0.2) is 98.5 Å². The minimum atomic E-state index is -0.910. The number of halogens is 1. The highest BCUT2D eigenvalue weighted by atomic mass is 19.1. The van der Waals surface area contributed by atoms with Crippen LogP contribution in [0.25, 0.3) is 10.9 Å². The monoisotopic (exact) mass is 510 g/mol. The van der Waals surface area contributed by atoms with Crippen molar-refractivity contribution in [3.63, 3.8) is 0 Å². The highest BCUT2D eigenvalue weighted by Crippen LogP contribution is 2.30. The standard InChI is InChI=1S/C26H35FN8O2/c1-18(37)22-13-20-15-29-26(32-24(20)25(30-22)35-6-2-3-21(27)17-35)31-23-5-4-19(14-28-23)16-34-9-7-33(8-10-34)11-12-36/h4-5,13-15,18,21,36-37H,2-3,6-12,16-17H2,1H3,(H,28,29,31,32)/t18-,21+/m1/s1. The summed E-state index contributed by atoms with van der Waals surface area (Å²) in [5.74, 6) is 1.59. The predicted octanol–water partition coefficient (Wildman–Crippen LogP) is 2.26. The van der Waals surface area contributed by atoms with Crippen molar-refractivity contribution in [3.05, 3.63) is 41.9 Å². The largest absolute Gasteiger partial charge is 0.395 e. The summed E-state index contributed by atoms with van der Waals surface area (Å²) in [5, 5.41) is 23.2. The molecule has 0 unspecified atom stereocenters. The van der Waals surface area contributed by atoms with Gasteiger partial charge in [-0.3, -0.25) is 9.80 Å².